The monoisotopic (exact) mass is 510 g/mol. The second-order valence-electron chi connectivity index (χ2n) is 9.41. The first-order chi connectivity index (χ1) is 17.3. The molecule has 6 heteroatoms. The molecule has 0 fully saturated rings. The zero-order chi connectivity index (χ0) is 27.3. The highest BCUT2D eigenvalue weighted by atomic mass is 16.5. The summed E-state index contributed by atoms with van der Waals surface area (Å²) in [6.45, 7) is 10.4. The molecular formula is C30H54O6. The van der Waals surface area contributed by atoms with Crippen LogP contribution in [0.3, 0.4) is 0 Å². The third kappa shape index (κ3) is 31.9. The average Bonchev–Trinajstić information content (AvgIpc) is 2.85. The molecule has 6 nitrogen and oxygen atoms in total. The minimum atomic E-state index is -1.15. The Hall–Kier alpha value is -2.11. The van der Waals surface area contributed by atoms with Crippen molar-refractivity contribution in [2.24, 2.45) is 0 Å². The average molecular weight is 511 g/mol. The van der Waals surface area contributed by atoms with E-state index in [0.717, 1.165) is 31.4 Å². The van der Waals surface area contributed by atoms with Crippen LogP contribution in [0.15, 0.2) is 24.3 Å². The Labute approximate surface area is 220 Å². The minimum absolute atomic E-state index is 0.254. The Morgan fingerprint density at radius 3 is 1.39 bits per heavy atom. The molecule has 210 valence electrons. The second kappa shape index (κ2) is 29.1. The van der Waals surface area contributed by atoms with Gasteiger partial charge in [-0.3, -0.25) is 0 Å². The van der Waals surface area contributed by atoms with Crippen LogP contribution in [-0.2, 0) is 23.9 Å². The van der Waals surface area contributed by atoms with Gasteiger partial charge in [-0.25, -0.2) is 14.4 Å². The van der Waals surface area contributed by atoms with E-state index >= 15 is 0 Å². The van der Waals surface area contributed by atoms with E-state index in [4.69, 9.17) is 9.84 Å². The van der Waals surface area contributed by atoms with E-state index in [1.165, 1.54) is 96.3 Å². The molecule has 0 rings (SSSR count). The maximum Gasteiger partial charge on any atom is 0.333 e. The third-order valence-corrected chi connectivity index (χ3v) is 5.68. The van der Waals surface area contributed by atoms with Crippen LogP contribution in [0.5, 0.6) is 0 Å². The molecule has 0 aromatic rings. The van der Waals surface area contributed by atoms with Crippen molar-refractivity contribution in [1.29, 1.82) is 0 Å². The summed E-state index contributed by atoms with van der Waals surface area (Å²) in [5.41, 5.74) is 0.492. The van der Waals surface area contributed by atoms with Gasteiger partial charge in [0, 0.05) is 17.7 Å². The number of carboxylic acids is 1. The smallest absolute Gasteiger partial charge is 0.333 e. The molecule has 0 heterocycles. The summed E-state index contributed by atoms with van der Waals surface area (Å²) in [4.78, 5) is 31.8. The standard InChI is InChI=1S/C22H42O2.C8H12O4/c1-4-5-6-7-8-9-10-11-12-13-14-15-16-17-18-19-20-24-22(23)21(2)3;1-2-3-6-12-8(11)5-4-7(9)10/h2,4-20H2,1,3H3;4-5H,2-3,6H2,1H3,(H,9,10)/b;5-4-. The first kappa shape index (κ1) is 36.0. The number of carboxylic acid groups (broad SMARTS) is 1. The maximum atomic E-state index is 11.2. The number of hydrogen-bond acceptors (Lipinski definition) is 5. The Balaban J connectivity index is 0. The predicted molar refractivity (Wildman–Crippen MR) is 148 cm³/mol. The topological polar surface area (TPSA) is 89.9 Å². The predicted octanol–water partition coefficient (Wildman–Crippen LogP) is 8.34. The van der Waals surface area contributed by atoms with E-state index in [1.807, 2.05) is 6.92 Å². The van der Waals surface area contributed by atoms with Gasteiger partial charge in [0.1, 0.15) is 0 Å². The molecule has 0 aromatic carbocycles. The van der Waals surface area contributed by atoms with Crippen molar-refractivity contribution in [3.63, 3.8) is 0 Å². The zero-order valence-corrected chi connectivity index (χ0v) is 23.5. The fourth-order valence-corrected chi connectivity index (χ4v) is 3.44. The molecule has 0 saturated heterocycles. The molecule has 1 N–H and O–H groups in total. The van der Waals surface area contributed by atoms with Crippen LogP contribution < -0.4 is 0 Å². The van der Waals surface area contributed by atoms with Gasteiger partial charge >= 0.3 is 17.9 Å². The normalized spacial score (nSPS) is 10.5. The summed E-state index contributed by atoms with van der Waals surface area (Å²) >= 11 is 0. The van der Waals surface area contributed by atoms with Crippen LogP contribution in [0.25, 0.3) is 0 Å². The molecule has 0 radical (unpaired) electrons. The number of rotatable bonds is 23. The molecule has 0 aliphatic heterocycles. The number of ether oxygens (including phenoxy) is 2. The molecule has 0 aromatic heterocycles. The summed E-state index contributed by atoms with van der Waals surface area (Å²) in [5, 5.41) is 8.14. The zero-order valence-electron chi connectivity index (χ0n) is 23.5. The summed E-state index contributed by atoms with van der Waals surface area (Å²) in [6, 6.07) is 0. The first-order valence-electron chi connectivity index (χ1n) is 14.3. The van der Waals surface area contributed by atoms with Gasteiger partial charge in [-0.15, -0.1) is 0 Å². The van der Waals surface area contributed by atoms with Gasteiger partial charge < -0.3 is 14.6 Å². The van der Waals surface area contributed by atoms with Crippen molar-refractivity contribution >= 4 is 17.9 Å². The number of carbonyl (C=O) groups excluding carboxylic acids is 2. The summed E-state index contributed by atoms with van der Waals surface area (Å²) in [7, 11) is 0. The third-order valence-electron chi connectivity index (χ3n) is 5.68. The summed E-state index contributed by atoms with van der Waals surface area (Å²) in [6.07, 6.45) is 25.1. The van der Waals surface area contributed by atoms with Crippen molar-refractivity contribution < 1.29 is 29.0 Å². The van der Waals surface area contributed by atoms with Crippen molar-refractivity contribution in [1.82, 2.24) is 0 Å². The van der Waals surface area contributed by atoms with Gasteiger partial charge in [0.15, 0.2) is 0 Å². The molecule has 0 bridgehead atoms. The van der Waals surface area contributed by atoms with Gasteiger partial charge in [-0.05, 0) is 19.8 Å². The summed E-state index contributed by atoms with van der Waals surface area (Å²) < 4.78 is 9.73. The van der Waals surface area contributed by atoms with Crippen molar-refractivity contribution in [2.45, 2.75) is 136 Å². The highest BCUT2D eigenvalue weighted by Gasteiger charge is 2.01. The van der Waals surface area contributed by atoms with Gasteiger partial charge in [-0.2, -0.15) is 0 Å². The van der Waals surface area contributed by atoms with Crippen LogP contribution in [0, 0.1) is 0 Å². The van der Waals surface area contributed by atoms with Crippen LogP contribution in [0.2, 0.25) is 0 Å². The molecule has 0 aliphatic carbocycles. The van der Waals surface area contributed by atoms with E-state index in [0.29, 0.717) is 18.8 Å². The van der Waals surface area contributed by atoms with Crippen molar-refractivity contribution in [2.75, 3.05) is 13.2 Å². The van der Waals surface area contributed by atoms with Crippen LogP contribution >= 0.6 is 0 Å². The van der Waals surface area contributed by atoms with Crippen LogP contribution in [-0.4, -0.2) is 36.2 Å². The lowest BCUT2D eigenvalue weighted by atomic mass is 10.0. The maximum absolute atomic E-state index is 11.2. The number of hydrogen-bond donors (Lipinski definition) is 1. The highest BCUT2D eigenvalue weighted by molar-refractivity contribution is 5.90. The van der Waals surface area contributed by atoms with Crippen molar-refractivity contribution in [3.8, 4) is 0 Å². The number of aliphatic carboxylic acids is 1. The quantitative estimate of drug-likeness (QED) is 0.0844. The molecule has 0 amide bonds. The molecule has 0 atom stereocenters. The number of esters is 2. The Morgan fingerprint density at radius 1 is 0.611 bits per heavy atom. The van der Waals surface area contributed by atoms with Gasteiger partial charge in [0.2, 0.25) is 0 Å². The Bertz CT molecular complexity index is 582. The van der Waals surface area contributed by atoms with Crippen LogP contribution in [0.1, 0.15) is 136 Å². The fourth-order valence-electron chi connectivity index (χ4n) is 3.44. The molecule has 0 saturated carbocycles. The minimum Gasteiger partial charge on any atom is -0.478 e. The SMILES string of the molecule is C=C(C)C(=O)OCCCCCCCCCCCCCCCCCC.CCCCOC(=O)/C=C\C(=O)O. The lowest BCUT2D eigenvalue weighted by Crippen LogP contribution is -2.05. The molecule has 0 aliphatic rings. The van der Waals surface area contributed by atoms with E-state index < -0.39 is 11.9 Å². The Morgan fingerprint density at radius 2 is 1.00 bits per heavy atom. The number of carbonyl (C=O) groups is 3. The Kier molecular flexibility index (Phi) is 29.2. The lowest BCUT2D eigenvalue weighted by Gasteiger charge is -2.05. The van der Waals surface area contributed by atoms with Gasteiger partial charge in [0.05, 0.1) is 13.2 Å². The van der Waals surface area contributed by atoms with E-state index in [-0.39, 0.29) is 5.97 Å². The first-order valence-corrected chi connectivity index (χ1v) is 14.3. The van der Waals surface area contributed by atoms with E-state index in [2.05, 4.69) is 18.2 Å². The number of unbranched alkanes of at least 4 members (excludes halogenated alkanes) is 16. The van der Waals surface area contributed by atoms with Crippen molar-refractivity contribution in [3.05, 3.63) is 24.3 Å². The highest BCUT2D eigenvalue weighted by Crippen LogP contribution is 2.13. The molecule has 0 spiro atoms. The summed E-state index contributed by atoms with van der Waals surface area (Å²) in [5.74, 6) is -2.01. The van der Waals surface area contributed by atoms with Gasteiger partial charge in [0.25, 0.3) is 0 Å². The van der Waals surface area contributed by atoms with E-state index in [9.17, 15) is 14.4 Å². The molecular weight excluding hydrogens is 456 g/mol. The second-order valence-corrected chi connectivity index (χ2v) is 9.41. The van der Waals surface area contributed by atoms with Gasteiger partial charge in [-0.1, -0.05) is 123 Å². The molecule has 36 heavy (non-hydrogen) atoms. The lowest BCUT2D eigenvalue weighted by molar-refractivity contribution is -0.139. The largest absolute Gasteiger partial charge is 0.478 e. The van der Waals surface area contributed by atoms with E-state index in [1.54, 1.807) is 6.92 Å². The molecule has 0 unspecified atom stereocenters. The van der Waals surface area contributed by atoms with Crippen LogP contribution in [0.4, 0.5) is 0 Å². The fraction of sp³-hybridized carbons (Fsp3) is 0.767.